The highest BCUT2D eigenvalue weighted by atomic mass is 15.2. The van der Waals surface area contributed by atoms with E-state index in [9.17, 15) is 0 Å². The van der Waals surface area contributed by atoms with Gasteiger partial charge in [-0.05, 0) is 32.5 Å². The van der Waals surface area contributed by atoms with Gasteiger partial charge in [0.25, 0.3) is 0 Å². The average Bonchev–Trinajstić information content (AvgIpc) is 2.26. The molecule has 0 bridgehead atoms. The Hall–Kier alpha value is -0.830. The fraction of sp³-hybridized carbons (Fsp3) is 0.625. The summed E-state index contributed by atoms with van der Waals surface area (Å²) in [5.41, 5.74) is 2.48. The van der Waals surface area contributed by atoms with Crippen molar-refractivity contribution in [1.82, 2.24) is 15.1 Å². The highest BCUT2D eigenvalue weighted by Crippen LogP contribution is 2.03. The van der Waals surface area contributed by atoms with Crippen LogP contribution in [-0.2, 0) is 13.5 Å². The number of hydrogen-bond acceptors (Lipinski definition) is 2. The second-order valence-corrected chi connectivity index (χ2v) is 2.77. The van der Waals surface area contributed by atoms with Crippen molar-refractivity contribution in [1.29, 1.82) is 0 Å². The van der Waals surface area contributed by atoms with Crippen molar-refractivity contribution in [3.63, 3.8) is 0 Å². The molecule has 0 aliphatic rings. The summed E-state index contributed by atoms with van der Waals surface area (Å²) in [5.74, 6) is 0. The molecule has 1 rings (SSSR count). The van der Waals surface area contributed by atoms with Crippen LogP contribution in [0.25, 0.3) is 0 Å². The van der Waals surface area contributed by atoms with Gasteiger partial charge in [0.05, 0.1) is 5.69 Å². The summed E-state index contributed by atoms with van der Waals surface area (Å²) in [6, 6.07) is 0. The predicted molar refractivity (Wildman–Crippen MR) is 45.6 cm³/mol. The third kappa shape index (κ3) is 2.05. The number of aromatic nitrogens is 2. The molecule has 0 atom stereocenters. The Kier molecular flexibility index (Phi) is 2.65. The summed E-state index contributed by atoms with van der Waals surface area (Å²) in [6.07, 6.45) is 3.14. The number of likely N-dealkylation sites (N-methyl/N-ethyl adjacent to an activating group) is 1. The fourth-order valence-electron chi connectivity index (χ4n) is 1.15. The number of hydrogen-bond donors (Lipinski definition) is 1. The lowest BCUT2D eigenvalue weighted by molar-refractivity contribution is 0.755. The summed E-state index contributed by atoms with van der Waals surface area (Å²) in [7, 11) is 3.92. The summed E-state index contributed by atoms with van der Waals surface area (Å²) in [5, 5.41) is 7.37. The van der Waals surface area contributed by atoms with Crippen molar-refractivity contribution in [2.75, 3.05) is 13.6 Å². The van der Waals surface area contributed by atoms with Gasteiger partial charge in [-0.1, -0.05) is 0 Å². The van der Waals surface area contributed by atoms with Crippen LogP contribution < -0.4 is 5.32 Å². The van der Waals surface area contributed by atoms with Crippen LogP contribution >= 0.6 is 0 Å². The molecular formula is C8H15N3. The van der Waals surface area contributed by atoms with Gasteiger partial charge in [0.1, 0.15) is 0 Å². The molecule has 0 amide bonds. The molecule has 0 aliphatic carbocycles. The van der Waals surface area contributed by atoms with Crippen LogP contribution in [0.2, 0.25) is 0 Å². The third-order valence-corrected chi connectivity index (χ3v) is 1.76. The van der Waals surface area contributed by atoms with Crippen molar-refractivity contribution in [2.45, 2.75) is 13.3 Å². The molecule has 0 saturated carbocycles. The monoisotopic (exact) mass is 153 g/mol. The molecule has 0 aromatic carbocycles. The van der Waals surface area contributed by atoms with Crippen LogP contribution in [0, 0.1) is 6.92 Å². The summed E-state index contributed by atoms with van der Waals surface area (Å²) in [6.45, 7) is 3.07. The zero-order valence-electron chi connectivity index (χ0n) is 7.39. The normalized spacial score (nSPS) is 10.5. The van der Waals surface area contributed by atoms with Crippen molar-refractivity contribution < 1.29 is 0 Å². The van der Waals surface area contributed by atoms with E-state index in [2.05, 4.69) is 16.6 Å². The molecule has 0 fully saturated rings. The van der Waals surface area contributed by atoms with Crippen LogP contribution in [0.4, 0.5) is 0 Å². The molecule has 3 heteroatoms. The summed E-state index contributed by atoms with van der Waals surface area (Å²) >= 11 is 0. The minimum absolute atomic E-state index is 1.02. The molecule has 1 N–H and O–H groups in total. The van der Waals surface area contributed by atoms with Gasteiger partial charge in [-0.3, -0.25) is 4.68 Å². The topological polar surface area (TPSA) is 29.9 Å². The molecule has 0 saturated heterocycles. The van der Waals surface area contributed by atoms with E-state index >= 15 is 0 Å². The van der Waals surface area contributed by atoms with E-state index in [0.29, 0.717) is 0 Å². The lowest BCUT2D eigenvalue weighted by Gasteiger charge is -1.95. The van der Waals surface area contributed by atoms with Crippen LogP contribution in [0.3, 0.4) is 0 Å². The van der Waals surface area contributed by atoms with Crippen LogP contribution in [0.1, 0.15) is 11.3 Å². The van der Waals surface area contributed by atoms with E-state index in [1.54, 1.807) is 0 Å². The fourth-order valence-corrected chi connectivity index (χ4v) is 1.15. The van der Waals surface area contributed by atoms with Gasteiger partial charge in [-0.2, -0.15) is 5.10 Å². The Balaban J connectivity index is 2.62. The molecular weight excluding hydrogens is 138 g/mol. The van der Waals surface area contributed by atoms with Crippen molar-refractivity contribution in [3.8, 4) is 0 Å². The van der Waals surface area contributed by atoms with E-state index in [-0.39, 0.29) is 0 Å². The van der Waals surface area contributed by atoms with Crippen molar-refractivity contribution >= 4 is 0 Å². The maximum atomic E-state index is 4.25. The molecule has 1 heterocycles. The highest BCUT2D eigenvalue weighted by molar-refractivity contribution is 5.15. The Morgan fingerprint density at radius 1 is 1.64 bits per heavy atom. The molecule has 0 radical (unpaired) electrons. The van der Waals surface area contributed by atoms with E-state index in [1.165, 1.54) is 5.56 Å². The molecule has 0 spiro atoms. The molecule has 11 heavy (non-hydrogen) atoms. The van der Waals surface area contributed by atoms with Gasteiger partial charge in [0, 0.05) is 13.2 Å². The van der Waals surface area contributed by atoms with Crippen molar-refractivity contribution in [3.05, 3.63) is 17.5 Å². The lowest BCUT2D eigenvalue weighted by atomic mass is 10.2. The van der Waals surface area contributed by atoms with Crippen LogP contribution in [0.15, 0.2) is 6.20 Å². The van der Waals surface area contributed by atoms with E-state index in [4.69, 9.17) is 0 Å². The molecule has 62 valence electrons. The van der Waals surface area contributed by atoms with E-state index in [1.807, 2.05) is 25.7 Å². The first-order valence-electron chi connectivity index (χ1n) is 3.87. The first kappa shape index (κ1) is 8.27. The number of nitrogens with one attached hydrogen (secondary N) is 1. The van der Waals surface area contributed by atoms with Gasteiger partial charge in [0.2, 0.25) is 0 Å². The van der Waals surface area contributed by atoms with Crippen LogP contribution in [-0.4, -0.2) is 23.4 Å². The third-order valence-electron chi connectivity index (χ3n) is 1.76. The minimum Gasteiger partial charge on any atom is -0.319 e. The number of aryl methyl sites for hydroxylation is 2. The number of rotatable bonds is 3. The summed E-state index contributed by atoms with van der Waals surface area (Å²) < 4.78 is 1.86. The first-order valence-corrected chi connectivity index (χ1v) is 3.87. The molecule has 1 aromatic heterocycles. The van der Waals surface area contributed by atoms with Crippen molar-refractivity contribution in [2.24, 2.45) is 7.05 Å². The summed E-state index contributed by atoms with van der Waals surface area (Å²) in [4.78, 5) is 0. The second-order valence-electron chi connectivity index (χ2n) is 2.77. The standard InChI is InChI=1S/C8H15N3/c1-7-8(4-5-9-2)6-11(3)10-7/h6,9H,4-5H2,1-3H3. The molecule has 0 unspecified atom stereocenters. The zero-order valence-corrected chi connectivity index (χ0v) is 7.39. The second kappa shape index (κ2) is 3.53. The first-order chi connectivity index (χ1) is 5.24. The number of nitrogens with zero attached hydrogens (tertiary/aromatic N) is 2. The highest BCUT2D eigenvalue weighted by Gasteiger charge is 2.00. The molecule has 3 nitrogen and oxygen atoms in total. The van der Waals surface area contributed by atoms with Gasteiger partial charge in [-0.15, -0.1) is 0 Å². The van der Waals surface area contributed by atoms with Gasteiger partial charge < -0.3 is 5.32 Å². The average molecular weight is 153 g/mol. The van der Waals surface area contributed by atoms with Gasteiger partial charge in [0.15, 0.2) is 0 Å². The molecule has 0 aliphatic heterocycles. The van der Waals surface area contributed by atoms with Gasteiger partial charge in [-0.25, -0.2) is 0 Å². The van der Waals surface area contributed by atoms with Gasteiger partial charge >= 0.3 is 0 Å². The largest absolute Gasteiger partial charge is 0.319 e. The van der Waals surface area contributed by atoms with Crippen LogP contribution in [0.5, 0.6) is 0 Å². The zero-order chi connectivity index (χ0) is 8.27. The van der Waals surface area contributed by atoms with E-state index in [0.717, 1.165) is 18.7 Å². The Morgan fingerprint density at radius 3 is 2.82 bits per heavy atom. The van der Waals surface area contributed by atoms with E-state index < -0.39 is 0 Å². The molecule has 1 aromatic rings. The maximum absolute atomic E-state index is 4.25. The Morgan fingerprint density at radius 2 is 2.36 bits per heavy atom. The lowest BCUT2D eigenvalue weighted by Crippen LogP contribution is -2.10. The predicted octanol–water partition coefficient (Wildman–Crippen LogP) is 0.490. The Labute approximate surface area is 67.4 Å². The quantitative estimate of drug-likeness (QED) is 0.685. The maximum Gasteiger partial charge on any atom is 0.0626 e. The minimum atomic E-state index is 1.02. The smallest absolute Gasteiger partial charge is 0.0626 e. The Bertz CT molecular complexity index is 227. The SMILES string of the molecule is CNCCc1cn(C)nc1C.